The molecule has 1 aliphatic heterocycles. The average molecular weight is 449 g/mol. The molecule has 1 heterocycles. The van der Waals surface area contributed by atoms with E-state index in [4.69, 9.17) is 4.74 Å². The highest BCUT2D eigenvalue weighted by Gasteiger charge is 2.50. The number of aliphatic carboxylic acids is 1. The van der Waals surface area contributed by atoms with Gasteiger partial charge in [-0.2, -0.15) is 21.6 Å². The predicted molar refractivity (Wildman–Crippen MR) is 97.0 cm³/mol. The molecular weight excluding hydrogens is 429 g/mol. The molecule has 0 amide bonds. The predicted octanol–water partition coefficient (Wildman–Crippen LogP) is 2.48. The summed E-state index contributed by atoms with van der Waals surface area (Å²) in [5.41, 5.74) is -3.90. The molecule has 0 aliphatic carbocycles. The summed E-state index contributed by atoms with van der Waals surface area (Å²) < 4.78 is 71.6. The van der Waals surface area contributed by atoms with Crippen LogP contribution in [0.3, 0.4) is 0 Å². The molecule has 0 saturated carbocycles. The van der Waals surface area contributed by atoms with Gasteiger partial charge in [-0.15, -0.1) is 0 Å². The Balaban J connectivity index is 2.65. The first-order valence-electron chi connectivity index (χ1n) is 9.00. The Morgan fingerprint density at radius 2 is 1.90 bits per heavy atom. The van der Waals surface area contributed by atoms with E-state index in [9.17, 15) is 36.3 Å². The Morgan fingerprint density at radius 3 is 2.43 bits per heavy atom. The van der Waals surface area contributed by atoms with Gasteiger partial charge in [0.2, 0.25) is 0 Å². The standard InChI is InChI=1S/C19H21F3O7S/c1-4-12-11(3)14-9-28-18(25)16(14)17(29-30(26,27)19(20,21)22)13(12)7-5-10(2)6-8-15(23)24/h5H,4,6-9H2,1-3H3,(H,23,24)/p-1. The molecule has 30 heavy (non-hydrogen) atoms. The number of esters is 1. The van der Waals surface area contributed by atoms with Crippen molar-refractivity contribution in [1.82, 2.24) is 0 Å². The van der Waals surface area contributed by atoms with Crippen molar-refractivity contribution in [3.05, 3.63) is 39.5 Å². The average Bonchev–Trinajstić information content (AvgIpc) is 3.01. The maximum absolute atomic E-state index is 12.9. The summed E-state index contributed by atoms with van der Waals surface area (Å²) in [6, 6.07) is 0. The topological polar surface area (TPSA) is 110 Å². The maximum atomic E-state index is 12.9. The lowest BCUT2D eigenvalue weighted by atomic mass is 9.89. The first-order valence-corrected chi connectivity index (χ1v) is 10.4. The van der Waals surface area contributed by atoms with Crippen LogP contribution < -0.4 is 9.29 Å². The van der Waals surface area contributed by atoms with Crippen molar-refractivity contribution >= 4 is 22.1 Å². The second-order valence-electron chi connectivity index (χ2n) is 6.80. The monoisotopic (exact) mass is 449 g/mol. The molecule has 1 aliphatic rings. The second kappa shape index (κ2) is 8.66. The van der Waals surface area contributed by atoms with Gasteiger partial charge in [-0.3, -0.25) is 0 Å². The van der Waals surface area contributed by atoms with Crippen molar-refractivity contribution in [3.63, 3.8) is 0 Å². The van der Waals surface area contributed by atoms with Crippen LogP contribution in [0.25, 0.3) is 0 Å². The zero-order valence-corrected chi connectivity index (χ0v) is 17.3. The van der Waals surface area contributed by atoms with Gasteiger partial charge in [0, 0.05) is 17.1 Å². The van der Waals surface area contributed by atoms with Crippen LogP contribution in [0.5, 0.6) is 5.75 Å². The van der Waals surface area contributed by atoms with E-state index < -0.39 is 33.3 Å². The maximum Gasteiger partial charge on any atom is 0.534 e. The molecule has 0 atom stereocenters. The fourth-order valence-corrected chi connectivity index (χ4v) is 3.75. The molecule has 0 N–H and O–H groups in total. The highest BCUT2D eigenvalue weighted by atomic mass is 32.2. The number of cyclic esters (lactones) is 1. The van der Waals surface area contributed by atoms with Crippen LogP contribution in [-0.2, 0) is 39.1 Å². The Morgan fingerprint density at radius 1 is 1.27 bits per heavy atom. The zero-order valence-electron chi connectivity index (χ0n) is 16.5. The summed E-state index contributed by atoms with van der Waals surface area (Å²) in [7, 11) is -6.03. The summed E-state index contributed by atoms with van der Waals surface area (Å²) in [5.74, 6) is -2.92. The number of benzene rings is 1. The van der Waals surface area contributed by atoms with E-state index in [2.05, 4.69) is 4.18 Å². The van der Waals surface area contributed by atoms with E-state index in [0.717, 1.165) is 0 Å². The van der Waals surface area contributed by atoms with Crippen LogP contribution in [0.15, 0.2) is 11.6 Å². The second-order valence-corrected chi connectivity index (χ2v) is 8.34. The molecule has 0 saturated heterocycles. The van der Waals surface area contributed by atoms with Gasteiger partial charge in [-0.1, -0.05) is 18.6 Å². The summed E-state index contributed by atoms with van der Waals surface area (Å²) in [6.07, 6.45) is 1.72. The van der Waals surface area contributed by atoms with Gasteiger partial charge in [-0.25, -0.2) is 4.79 Å². The smallest absolute Gasteiger partial charge is 0.534 e. The molecule has 1 aromatic carbocycles. The summed E-state index contributed by atoms with van der Waals surface area (Å²) in [4.78, 5) is 22.8. The molecule has 0 unspecified atom stereocenters. The molecule has 0 radical (unpaired) electrons. The Hall–Kier alpha value is -2.56. The number of carbonyl (C=O) groups is 2. The minimum Gasteiger partial charge on any atom is -0.550 e. The van der Waals surface area contributed by atoms with Crippen LogP contribution in [0.4, 0.5) is 13.2 Å². The van der Waals surface area contributed by atoms with Gasteiger partial charge in [-0.05, 0) is 50.7 Å². The molecule has 11 heteroatoms. The minimum atomic E-state index is -6.03. The zero-order chi connectivity index (χ0) is 22.9. The lowest BCUT2D eigenvalue weighted by molar-refractivity contribution is -0.305. The molecule has 1 aromatic rings. The molecule has 7 nitrogen and oxygen atoms in total. The Bertz CT molecular complexity index is 1010. The van der Waals surface area contributed by atoms with Crippen molar-refractivity contribution in [3.8, 4) is 5.75 Å². The minimum absolute atomic E-state index is 0.0633. The number of alkyl halides is 3. The van der Waals surface area contributed by atoms with Gasteiger partial charge in [0.05, 0.1) is 0 Å². The summed E-state index contributed by atoms with van der Waals surface area (Å²) in [5, 5.41) is 10.6. The SMILES string of the molecule is CCc1c(C)c2c(c(OS(=O)(=O)C(F)(F)F)c1CC=C(C)CCC(=O)[O-])C(=O)OC2. The van der Waals surface area contributed by atoms with Crippen LogP contribution in [0.1, 0.15) is 59.3 Å². The van der Waals surface area contributed by atoms with Crippen LogP contribution in [-0.4, -0.2) is 25.9 Å². The third-order valence-corrected chi connectivity index (χ3v) is 5.79. The number of carbonyl (C=O) groups excluding carboxylic acids is 2. The van der Waals surface area contributed by atoms with E-state index in [-0.39, 0.29) is 42.6 Å². The van der Waals surface area contributed by atoms with E-state index in [1.165, 1.54) is 0 Å². The number of carboxylic acids is 1. The third kappa shape index (κ3) is 4.77. The van der Waals surface area contributed by atoms with Crippen LogP contribution in [0, 0.1) is 6.92 Å². The van der Waals surface area contributed by atoms with E-state index in [1.807, 2.05) is 0 Å². The van der Waals surface area contributed by atoms with Crippen molar-refractivity contribution in [2.45, 2.75) is 58.6 Å². The van der Waals surface area contributed by atoms with Crippen molar-refractivity contribution < 1.29 is 45.2 Å². The van der Waals surface area contributed by atoms with Crippen LogP contribution >= 0.6 is 0 Å². The molecule has 166 valence electrons. The molecule has 0 spiro atoms. The van der Waals surface area contributed by atoms with Gasteiger partial charge < -0.3 is 18.8 Å². The van der Waals surface area contributed by atoms with E-state index in [1.54, 1.807) is 26.8 Å². The van der Waals surface area contributed by atoms with E-state index >= 15 is 0 Å². The number of ether oxygens (including phenoxy) is 1. The number of carboxylic acid groups (broad SMARTS) is 1. The normalized spacial score (nSPS) is 14.5. The first-order chi connectivity index (χ1) is 13.8. The molecule has 0 aromatic heterocycles. The Labute approximate surface area is 171 Å². The van der Waals surface area contributed by atoms with Crippen molar-refractivity contribution in [2.24, 2.45) is 0 Å². The number of fused-ring (bicyclic) bond motifs is 1. The third-order valence-electron chi connectivity index (χ3n) is 4.83. The first kappa shape index (κ1) is 23.7. The lowest BCUT2D eigenvalue weighted by Gasteiger charge is -2.20. The van der Waals surface area contributed by atoms with Gasteiger partial charge in [0.1, 0.15) is 12.2 Å². The number of halogens is 3. The largest absolute Gasteiger partial charge is 0.550 e. The molecular formula is C19H20F3O7S-. The lowest BCUT2D eigenvalue weighted by Crippen LogP contribution is -2.29. The van der Waals surface area contributed by atoms with Crippen molar-refractivity contribution in [2.75, 3.05) is 0 Å². The Kier molecular flexibility index (Phi) is 6.85. The number of rotatable bonds is 8. The summed E-state index contributed by atoms with van der Waals surface area (Å²) >= 11 is 0. The summed E-state index contributed by atoms with van der Waals surface area (Å²) in [6.45, 7) is 4.81. The number of allylic oxidation sites excluding steroid dienone is 2. The van der Waals surface area contributed by atoms with Gasteiger partial charge in [0.25, 0.3) is 0 Å². The molecule has 0 bridgehead atoms. The van der Waals surface area contributed by atoms with E-state index in [0.29, 0.717) is 23.1 Å². The fraction of sp³-hybridized carbons (Fsp3) is 0.474. The molecule has 0 fully saturated rings. The number of hydrogen-bond acceptors (Lipinski definition) is 7. The fourth-order valence-electron chi connectivity index (χ4n) is 3.25. The highest BCUT2D eigenvalue weighted by molar-refractivity contribution is 7.88. The quantitative estimate of drug-likeness (QED) is 0.260. The van der Waals surface area contributed by atoms with Crippen LogP contribution in [0.2, 0.25) is 0 Å². The molecule has 2 rings (SSSR count). The van der Waals surface area contributed by atoms with Gasteiger partial charge in [0.15, 0.2) is 5.75 Å². The van der Waals surface area contributed by atoms with Gasteiger partial charge >= 0.3 is 21.6 Å². The number of hydrogen-bond donors (Lipinski definition) is 0. The van der Waals surface area contributed by atoms with Crippen molar-refractivity contribution in [1.29, 1.82) is 0 Å². The highest BCUT2D eigenvalue weighted by Crippen LogP contribution is 2.41.